The van der Waals surface area contributed by atoms with Crippen molar-refractivity contribution >= 4 is 49.4 Å². The summed E-state index contributed by atoms with van der Waals surface area (Å²) in [7, 11) is 0. The zero-order chi connectivity index (χ0) is 37.0. The Labute approximate surface area is 321 Å². The van der Waals surface area contributed by atoms with Crippen LogP contribution in [0.3, 0.4) is 0 Å². The molecule has 264 valence electrons. The molecule has 0 saturated heterocycles. The van der Waals surface area contributed by atoms with Gasteiger partial charge in [-0.3, -0.25) is 4.57 Å². The van der Waals surface area contributed by atoms with Crippen molar-refractivity contribution in [2.45, 2.75) is 0 Å². The van der Waals surface area contributed by atoms with Gasteiger partial charge in [0.15, 0.2) is 17.5 Å². The van der Waals surface area contributed by atoms with Crippen LogP contribution in [-0.2, 0) is 0 Å². The third kappa shape index (κ3) is 5.17. The number of hydrogen-bond donors (Lipinski definition) is 1. The lowest BCUT2D eigenvalue weighted by Gasteiger charge is -2.13. The lowest BCUT2D eigenvalue weighted by atomic mass is 10.1. The van der Waals surface area contributed by atoms with Gasteiger partial charge in [0.2, 0.25) is 5.95 Å². The average Bonchev–Trinajstić information content (AvgIpc) is 3.80. The summed E-state index contributed by atoms with van der Waals surface area (Å²) in [5.74, 6) is 3.23. The Morgan fingerprint density at radius 3 is 1.66 bits per heavy atom. The van der Waals surface area contributed by atoms with Gasteiger partial charge in [0, 0.05) is 74.6 Å². The Balaban J connectivity index is 1.30. The van der Waals surface area contributed by atoms with Crippen LogP contribution in [-0.4, -0.2) is 46.4 Å². The second-order valence-corrected chi connectivity index (χ2v) is 13.7. The van der Waals surface area contributed by atoms with Crippen molar-refractivity contribution in [1.29, 1.82) is 0 Å². The molecule has 0 bridgehead atoms. The number of fused-ring (bicyclic) bond motifs is 7. The van der Waals surface area contributed by atoms with E-state index in [9.17, 15) is 0 Å². The number of aromatic nitrogens is 7. The molecule has 5 heterocycles. The molecule has 0 aliphatic carbocycles. The molecule has 4 aromatic heterocycles. The zero-order valence-electron chi connectivity index (χ0n) is 30.0. The summed E-state index contributed by atoms with van der Waals surface area (Å²) in [6.45, 7) is 0.724. The highest BCUT2D eigenvalue weighted by atomic mass is 15.2. The minimum Gasteiger partial charge on any atom is -0.366 e. The molecule has 0 fully saturated rings. The van der Waals surface area contributed by atoms with E-state index in [0.717, 1.165) is 83.9 Å². The molecule has 10 aromatic rings. The molecular formula is C47H31N9. The van der Waals surface area contributed by atoms with E-state index in [2.05, 4.69) is 108 Å². The third-order valence-electron chi connectivity index (χ3n) is 10.3. The molecule has 0 radical (unpaired) electrons. The van der Waals surface area contributed by atoms with Crippen molar-refractivity contribution in [1.82, 2.24) is 39.4 Å². The van der Waals surface area contributed by atoms with Crippen molar-refractivity contribution in [3.63, 3.8) is 0 Å². The summed E-state index contributed by atoms with van der Waals surface area (Å²) in [4.78, 5) is 29.4. The van der Waals surface area contributed by atoms with Crippen molar-refractivity contribution in [2.75, 3.05) is 6.54 Å². The molecule has 1 aliphatic rings. The number of benzene rings is 6. The summed E-state index contributed by atoms with van der Waals surface area (Å²) < 4.78 is 4.57. The van der Waals surface area contributed by atoms with Gasteiger partial charge < -0.3 is 9.88 Å². The summed E-state index contributed by atoms with van der Waals surface area (Å²) in [5.41, 5.74) is 8.85. The standard InChI is InChI=1S/C47H31N9/c1-4-12-30(13-5-1)45-52-46(31-14-6-2-7-15-31)54-47(53-45)56-40-23-19-33(44-50-26-11-27-51-44)29-38(40)36-21-20-35-37-28-32(43-48-24-10-25-49-43)18-22-39(37)55(41(35)42(36)56)34-16-8-3-9-17-34/h1-26,28-29H,27H2,(H,50,51). The Hall–Kier alpha value is -7.78. The highest BCUT2D eigenvalue weighted by molar-refractivity contribution is 6.24. The number of hydrogen-bond acceptors (Lipinski definition) is 7. The first-order chi connectivity index (χ1) is 27.8. The number of para-hydroxylation sites is 1. The van der Waals surface area contributed by atoms with E-state index in [1.807, 2.05) is 79.0 Å². The highest BCUT2D eigenvalue weighted by Crippen LogP contribution is 2.42. The molecule has 1 N–H and O–H groups in total. The van der Waals surface area contributed by atoms with Gasteiger partial charge in [-0.2, -0.15) is 9.97 Å². The molecule has 1 aliphatic heterocycles. The molecule has 0 atom stereocenters. The first-order valence-corrected chi connectivity index (χ1v) is 18.5. The van der Waals surface area contributed by atoms with Crippen molar-refractivity contribution in [3.8, 4) is 45.8 Å². The molecule has 0 unspecified atom stereocenters. The normalized spacial score (nSPS) is 12.8. The lowest BCUT2D eigenvalue weighted by Crippen LogP contribution is -2.26. The zero-order valence-corrected chi connectivity index (χ0v) is 30.0. The first-order valence-electron chi connectivity index (χ1n) is 18.5. The first kappa shape index (κ1) is 31.7. The quantitative estimate of drug-likeness (QED) is 0.184. The lowest BCUT2D eigenvalue weighted by molar-refractivity contribution is 0.953. The number of amidine groups is 1. The van der Waals surface area contributed by atoms with E-state index < -0.39 is 0 Å². The smallest absolute Gasteiger partial charge is 0.238 e. The summed E-state index contributed by atoms with van der Waals surface area (Å²) in [5, 5.41) is 7.74. The molecule has 0 saturated carbocycles. The Morgan fingerprint density at radius 1 is 0.464 bits per heavy atom. The third-order valence-corrected chi connectivity index (χ3v) is 10.3. The second kappa shape index (κ2) is 13.0. The molecule has 9 heteroatoms. The van der Waals surface area contributed by atoms with Gasteiger partial charge in [0.05, 0.1) is 22.1 Å². The van der Waals surface area contributed by atoms with Crippen LogP contribution in [0.5, 0.6) is 0 Å². The molecule has 11 rings (SSSR count). The SMILES string of the molecule is C1=CN=C(c2ccc3c(c2)c2ccc4c5cc(-c6ncccn6)ccc5n(-c5ccccc5)c4c2n3-c2nc(-c3ccccc3)nc(-c3ccccc3)n2)NC1. The van der Waals surface area contributed by atoms with Gasteiger partial charge >= 0.3 is 0 Å². The van der Waals surface area contributed by atoms with Gasteiger partial charge in [-0.25, -0.2) is 19.9 Å². The van der Waals surface area contributed by atoms with Crippen LogP contribution < -0.4 is 5.32 Å². The predicted molar refractivity (Wildman–Crippen MR) is 224 cm³/mol. The number of rotatable bonds is 6. The van der Waals surface area contributed by atoms with Gasteiger partial charge in [0.1, 0.15) is 5.84 Å². The van der Waals surface area contributed by atoms with Gasteiger partial charge in [-0.05, 0) is 60.7 Å². The van der Waals surface area contributed by atoms with Crippen LogP contribution >= 0.6 is 0 Å². The Kier molecular flexibility index (Phi) is 7.34. The summed E-state index contributed by atoms with van der Waals surface area (Å²) in [6, 6.07) is 50.0. The molecule has 6 aromatic carbocycles. The van der Waals surface area contributed by atoms with Gasteiger partial charge in [-0.15, -0.1) is 0 Å². The van der Waals surface area contributed by atoms with Crippen LogP contribution in [0.2, 0.25) is 0 Å². The van der Waals surface area contributed by atoms with Crippen LogP contribution in [0.4, 0.5) is 0 Å². The number of nitrogens with one attached hydrogen (secondary N) is 1. The van der Waals surface area contributed by atoms with Crippen molar-refractivity contribution in [3.05, 3.63) is 176 Å². The summed E-state index contributed by atoms with van der Waals surface area (Å²) >= 11 is 0. The van der Waals surface area contributed by atoms with Crippen LogP contribution in [0.25, 0.3) is 89.4 Å². The average molecular weight is 722 g/mol. The van der Waals surface area contributed by atoms with E-state index >= 15 is 0 Å². The molecule has 0 amide bonds. The van der Waals surface area contributed by atoms with Crippen LogP contribution in [0.1, 0.15) is 5.56 Å². The maximum atomic E-state index is 5.27. The van der Waals surface area contributed by atoms with E-state index in [-0.39, 0.29) is 0 Å². The molecule has 56 heavy (non-hydrogen) atoms. The highest BCUT2D eigenvalue weighted by Gasteiger charge is 2.24. The largest absolute Gasteiger partial charge is 0.366 e. The topological polar surface area (TPSA) is 98.7 Å². The maximum Gasteiger partial charge on any atom is 0.238 e. The number of nitrogens with zero attached hydrogens (tertiary/aromatic N) is 8. The van der Waals surface area contributed by atoms with Crippen LogP contribution in [0, 0.1) is 0 Å². The van der Waals surface area contributed by atoms with E-state index in [4.69, 9.17) is 15.0 Å². The second-order valence-electron chi connectivity index (χ2n) is 13.7. The van der Waals surface area contributed by atoms with E-state index in [0.29, 0.717) is 23.4 Å². The minimum absolute atomic E-state index is 0.525. The summed E-state index contributed by atoms with van der Waals surface area (Å²) in [6.07, 6.45) is 7.43. The van der Waals surface area contributed by atoms with Gasteiger partial charge in [-0.1, -0.05) is 91.0 Å². The molecule has 0 spiro atoms. The van der Waals surface area contributed by atoms with E-state index in [1.54, 1.807) is 12.4 Å². The van der Waals surface area contributed by atoms with Crippen LogP contribution in [0.15, 0.2) is 175 Å². The minimum atomic E-state index is 0.525. The van der Waals surface area contributed by atoms with Gasteiger partial charge in [0.25, 0.3) is 0 Å². The fraction of sp³-hybridized carbons (Fsp3) is 0.0213. The fourth-order valence-electron chi connectivity index (χ4n) is 7.84. The Bertz CT molecular complexity index is 3110. The monoisotopic (exact) mass is 721 g/mol. The number of aliphatic imine (C=N–C) groups is 1. The predicted octanol–water partition coefficient (Wildman–Crippen LogP) is 9.72. The molecular weight excluding hydrogens is 691 g/mol. The van der Waals surface area contributed by atoms with Crippen molar-refractivity contribution in [2.24, 2.45) is 4.99 Å². The van der Waals surface area contributed by atoms with E-state index in [1.165, 1.54) is 0 Å². The fourth-order valence-corrected chi connectivity index (χ4v) is 7.84. The van der Waals surface area contributed by atoms with Crippen molar-refractivity contribution < 1.29 is 0 Å². The Morgan fingerprint density at radius 2 is 1.04 bits per heavy atom. The molecule has 9 nitrogen and oxygen atoms in total. The maximum absolute atomic E-state index is 5.27.